The minimum absolute atomic E-state index is 0.0200. The number of nitrogens with one attached hydrogen (secondary N) is 1. The monoisotopic (exact) mass is 405 g/mol. The van der Waals surface area contributed by atoms with Gasteiger partial charge in [0.05, 0.1) is 31.8 Å². The van der Waals surface area contributed by atoms with Crippen molar-refractivity contribution in [2.24, 2.45) is 0 Å². The first-order valence-corrected chi connectivity index (χ1v) is 9.58. The van der Waals surface area contributed by atoms with Crippen LogP contribution in [0.1, 0.15) is 17.0 Å². The molecular weight excluding hydrogens is 387 g/mol. The number of hydrogen-bond donors (Lipinski definition) is 1. The lowest BCUT2D eigenvalue weighted by atomic mass is 10.1. The van der Waals surface area contributed by atoms with Gasteiger partial charge in [-0.3, -0.25) is 4.68 Å². The number of hydrogen-bond acceptors (Lipinski definition) is 5. The number of alkyl halides is 3. The van der Waals surface area contributed by atoms with E-state index < -0.39 is 21.9 Å². The summed E-state index contributed by atoms with van der Waals surface area (Å²) in [5, 5.41) is 3.64. The van der Waals surface area contributed by atoms with Crippen LogP contribution in [0.2, 0.25) is 0 Å². The number of aromatic nitrogens is 2. The first-order valence-electron chi connectivity index (χ1n) is 8.09. The molecule has 0 radical (unpaired) electrons. The molecule has 2 heterocycles. The van der Waals surface area contributed by atoms with Crippen molar-refractivity contribution in [2.75, 3.05) is 20.3 Å². The molecular formula is C16H18F3N3O4S. The van der Waals surface area contributed by atoms with Crippen molar-refractivity contribution in [3.05, 3.63) is 41.2 Å². The van der Waals surface area contributed by atoms with Gasteiger partial charge in [-0.1, -0.05) is 0 Å². The van der Waals surface area contributed by atoms with Crippen LogP contribution in [-0.2, 0) is 40.5 Å². The fraction of sp³-hybridized carbons (Fsp3) is 0.438. The Kier molecular flexibility index (Phi) is 5.45. The third-order valence-corrected chi connectivity index (χ3v) is 5.63. The molecule has 148 valence electrons. The number of benzene rings is 1. The Bertz CT molecular complexity index is 908. The van der Waals surface area contributed by atoms with Crippen LogP contribution < -0.4 is 9.46 Å². The van der Waals surface area contributed by atoms with E-state index in [-0.39, 0.29) is 30.2 Å². The second-order valence-corrected chi connectivity index (χ2v) is 7.64. The zero-order valence-corrected chi connectivity index (χ0v) is 15.2. The summed E-state index contributed by atoms with van der Waals surface area (Å²) in [6.45, 7) is 0.0315. The molecule has 0 amide bonds. The first-order chi connectivity index (χ1) is 12.7. The van der Waals surface area contributed by atoms with Gasteiger partial charge in [0, 0.05) is 24.2 Å². The zero-order chi connectivity index (χ0) is 19.7. The number of ether oxygens (including phenoxy) is 2. The maximum absolute atomic E-state index is 13.1. The summed E-state index contributed by atoms with van der Waals surface area (Å²) >= 11 is 0. The molecule has 2 aromatic rings. The van der Waals surface area contributed by atoms with Crippen molar-refractivity contribution in [2.45, 2.75) is 30.6 Å². The Morgan fingerprint density at radius 2 is 2.00 bits per heavy atom. The van der Waals surface area contributed by atoms with Crippen molar-refractivity contribution in [1.82, 2.24) is 14.5 Å². The van der Waals surface area contributed by atoms with Gasteiger partial charge in [-0.05, 0) is 24.3 Å². The summed E-state index contributed by atoms with van der Waals surface area (Å²) in [7, 11) is -2.33. The topological polar surface area (TPSA) is 82.5 Å². The van der Waals surface area contributed by atoms with E-state index in [1.165, 1.54) is 36.1 Å². The van der Waals surface area contributed by atoms with E-state index >= 15 is 0 Å². The summed E-state index contributed by atoms with van der Waals surface area (Å²) in [6.07, 6.45) is -4.29. The highest BCUT2D eigenvalue weighted by atomic mass is 32.2. The van der Waals surface area contributed by atoms with Gasteiger partial charge in [0.15, 0.2) is 5.69 Å². The number of sulfonamides is 1. The van der Waals surface area contributed by atoms with Crippen LogP contribution in [0.4, 0.5) is 13.2 Å². The highest BCUT2D eigenvalue weighted by Gasteiger charge is 2.39. The Balaban J connectivity index is 1.72. The molecule has 1 aromatic carbocycles. The normalized spacial score (nSPS) is 14.8. The molecule has 1 aromatic heterocycles. The Hall–Kier alpha value is -2.11. The Morgan fingerprint density at radius 1 is 1.30 bits per heavy atom. The summed E-state index contributed by atoms with van der Waals surface area (Å²) in [6, 6.07) is 5.79. The molecule has 0 spiro atoms. The second kappa shape index (κ2) is 7.49. The summed E-state index contributed by atoms with van der Waals surface area (Å²) in [4.78, 5) is 0.0372. The maximum Gasteiger partial charge on any atom is 0.435 e. The molecule has 0 saturated carbocycles. The van der Waals surface area contributed by atoms with Gasteiger partial charge >= 0.3 is 6.18 Å². The Morgan fingerprint density at radius 3 is 2.63 bits per heavy atom. The van der Waals surface area contributed by atoms with Crippen molar-refractivity contribution in [1.29, 1.82) is 0 Å². The number of nitrogens with zero attached hydrogens (tertiary/aromatic N) is 2. The van der Waals surface area contributed by atoms with Gasteiger partial charge in [0.1, 0.15) is 5.75 Å². The maximum atomic E-state index is 13.1. The van der Waals surface area contributed by atoms with Crippen LogP contribution >= 0.6 is 0 Å². The summed E-state index contributed by atoms with van der Waals surface area (Å²) in [5.74, 6) is 0.513. The van der Waals surface area contributed by atoms with Gasteiger partial charge in [-0.15, -0.1) is 0 Å². The fourth-order valence-corrected chi connectivity index (χ4v) is 3.87. The van der Waals surface area contributed by atoms with Crippen molar-refractivity contribution >= 4 is 10.0 Å². The van der Waals surface area contributed by atoms with Crippen LogP contribution in [0.3, 0.4) is 0 Å². The van der Waals surface area contributed by atoms with Crippen molar-refractivity contribution in [3.8, 4) is 5.75 Å². The van der Waals surface area contributed by atoms with Crippen molar-refractivity contribution < 1.29 is 31.1 Å². The van der Waals surface area contributed by atoms with Crippen LogP contribution in [0.25, 0.3) is 0 Å². The SMILES string of the molecule is COc1ccc(S(=O)(=O)NCCn2nc(C(F)(F)F)c3c2CCOC3)cc1. The van der Waals surface area contributed by atoms with Gasteiger partial charge in [0.25, 0.3) is 0 Å². The predicted octanol–water partition coefficient (Wildman–Crippen LogP) is 1.96. The van der Waals surface area contributed by atoms with E-state index in [1.807, 2.05) is 0 Å². The molecule has 3 rings (SSSR count). The molecule has 0 aliphatic carbocycles. The highest BCUT2D eigenvalue weighted by Crippen LogP contribution is 2.34. The minimum atomic E-state index is -4.58. The van der Waals surface area contributed by atoms with Crippen LogP contribution in [0, 0.1) is 0 Å². The van der Waals surface area contributed by atoms with Crippen LogP contribution in [0.5, 0.6) is 5.75 Å². The van der Waals surface area contributed by atoms with Crippen molar-refractivity contribution in [3.63, 3.8) is 0 Å². The molecule has 0 atom stereocenters. The van der Waals surface area contributed by atoms with Gasteiger partial charge in [0.2, 0.25) is 10.0 Å². The van der Waals surface area contributed by atoms with E-state index in [9.17, 15) is 21.6 Å². The lowest BCUT2D eigenvalue weighted by molar-refractivity contribution is -0.142. The summed E-state index contributed by atoms with van der Waals surface area (Å²) < 4.78 is 77.6. The van der Waals surface area contributed by atoms with Gasteiger partial charge in [-0.2, -0.15) is 18.3 Å². The second-order valence-electron chi connectivity index (χ2n) is 5.87. The number of methoxy groups -OCH3 is 1. The van der Waals surface area contributed by atoms with E-state index in [2.05, 4.69) is 9.82 Å². The Labute approximate surface area is 154 Å². The number of halogens is 3. The number of fused-ring (bicyclic) bond motifs is 1. The molecule has 1 N–H and O–H groups in total. The molecule has 7 nitrogen and oxygen atoms in total. The average Bonchev–Trinajstić information content (AvgIpc) is 3.01. The average molecular weight is 405 g/mol. The molecule has 1 aliphatic rings. The lowest BCUT2D eigenvalue weighted by Gasteiger charge is -2.15. The zero-order valence-electron chi connectivity index (χ0n) is 14.4. The molecule has 1 aliphatic heterocycles. The first kappa shape index (κ1) is 19.6. The quantitative estimate of drug-likeness (QED) is 0.795. The van der Waals surface area contributed by atoms with E-state index in [0.29, 0.717) is 24.5 Å². The predicted molar refractivity (Wildman–Crippen MR) is 88.8 cm³/mol. The molecule has 0 saturated heterocycles. The van der Waals surface area contributed by atoms with Gasteiger partial charge < -0.3 is 9.47 Å². The lowest BCUT2D eigenvalue weighted by Crippen LogP contribution is -2.28. The molecule has 27 heavy (non-hydrogen) atoms. The van der Waals surface area contributed by atoms with E-state index in [1.54, 1.807) is 0 Å². The van der Waals surface area contributed by atoms with E-state index in [4.69, 9.17) is 9.47 Å². The largest absolute Gasteiger partial charge is 0.497 e. The van der Waals surface area contributed by atoms with Crippen LogP contribution in [0.15, 0.2) is 29.2 Å². The van der Waals surface area contributed by atoms with Gasteiger partial charge in [-0.25, -0.2) is 13.1 Å². The summed E-state index contributed by atoms with van der Waals surface area (Å²) in [5.41, 5.74) is -0.529. The molecule has 11 heteroatoms. The third-order valence-electron chi connectivity index (χ3n) is 4.15. The third kappa shape index (κ3) is 4.25. The molecule has 0 unspecified atom stereocenters. The standard InChI is InChI=1S/C16H18F3N3O4S/c1-25-11-2-4-12(5-3-11)27(23,24)20-7-8-22-14-6-9-26-10-13(14)15(21-22)16(17,18)19/h2-5,20H,6-10H2,1H3. The molecule has 0 fully saturated rings. The minimum Gasteiger partial charge on any atom is -0.497 e. The molecule has 0 bridgehead atoms. The number of rotatable bonds is 6. The highest BCUT2D eigenvalue weighted by molar-refractivity contribution is 7.89. The van der Waals surface area contributed by atoms with Crippen LogP contribution in [-0.4, -0.2) is 38.5 Å². The van der Waals surface area contributed by atoms with E-state index in [0.717, 1.165) is 0 Å². The fourth-order valence-electron chi connectivity index (χ4n) is 2.85. The smallest absolute Gasteiger partial charge is 0.435 e.